The molecule has 1 aliphatic rings. The normalized spacial score (nSPS) is 14.6. The fraction of sp³-hybridized carbons (Fsp3) is 0.412. The predicted octanol–water partition coefficient (Wildman–Crippen LogP) is -1.30. The summed E-state index contributed by atoms with van der Waals surface area (Å²) >= 11 is 2.23. The third kappa shape index (κ3) is 6.71. The maximum atomic E-state index is 6.11. The van der Waals surface area contributed by atoms with E-state index in [0.717, 1.165) is 25.9 Å². The van der Waals surface area contributed by atoms with Gasteiger partial charge in [-0.05, 0) is 0 Å². The third-order valence-corrected chi connectivity index (χ3v) is 4.24. The summed E-state index contributed by atoms with van der Waals surface area (Å²) in [6.45, 7) is 3.05. The van der Waals surface area contributed by atoms with Crippen LogP contribution >= 0.6 is 0 Å². The Morgan fingerprint density at radius 2 is 1.90 bits per heavy atom. The van der Waals surface area contributed by atoms with Gasteiger partial charge >= 0.3 is 128 Å². The van der Waals surface area contributed by atoms with Gasteiger partial charge in [0.05, 0.1) is 0 Å². The maximum absolute atomic E-state index is 6.11. The summed E-state index contributed by atoms with van der Waals surface area (Å²) < 4.78 is 7.60. The molecule has 0 bridgehead atoms. The molecule has 0 spiro atoms. The Balaban J connectivity index is 0.00000200. The number of unbranched alkanes of at least 4 members (excludes halogenated alkanes) is 1. The van der Waals surface area contributed by atoms with Gasteiger partial charge in [-0.1, -0.05) is 0 Å². The number of rotatable bonds is 7. The van der Waals surface area contributed by atoms with Crippen LogP contribution in [-0.4, -0.2) is 6.61 Å². The summed E-state index contributed by atoms with van der Waals surface area (Å²) in [6.07, 6.45) is 9.12. The van der Waals surface area contributed by atoms with Crippen LogP contribution in [0.5, 0.6) is 0 Å². The molecule has 1 aromatic carbocycles. The molecule has 0 amide bonds. The number of allylic oxidation sites excluding steroid dienone is 3. The van der Waals surface area contributed by atoms with Gasteiger partial charge in [0.1, 0.15) is 0 Å². The van der Waals surface area contributed by atoms with Gasteiger partial charge < -0.3 is 24.8 Å². The molecule has 1 atom stereocenters. The second-order valence-electron chi connectivity index (χ2n) is 4.94. The van der Waals surface area contributed by atoms with Gasteiger partial charge in [-0.2, -0.15) is 0 Å². The van der Waals surface area contributed by atoms with Crippen molar-refractivity contribution in [2.75, 3.05) is 6.61 Å². The Labute approximate surface area is 152 Å². The molecule has 0 fully saturated rings. The summed E-state index contributed by atoms with van der Waals surface area (Å²) in [7, 11) is 0. The van der Waals surface area contributed by atoms with Crippen molar-refractivity contribution in [1.82, 2.24) is 0 Å². The monoisotopic (exact) mass is 359 g/mol. The first-order valence-corrected chi connectivity index (χ1v) is 7.86. The maximum Gasteiger partial charge on any atom is -1.00 e. The van der Waals surface area contributed by atoms with E-state index in [2.05, 4.69) is 69.8 Å². The topological polar surface area (TPSA) is 9.23 Å². The van der Waals surface area contributed by atoms with Crippen LogP contribution in [-0.2, 0) is 25.2 Å². The van der Waals surface area contributed by atoms with Crippen LogP contribution in [0.25, 0.3) is 0 Å². The van der Waals surface area contributed by atoms with E-state index in [-0.39, 0.29) is 30.9 Å². The Hall–Kier alpha value is -0.0457. The molecule has 0 saturated heterocycles. The van der Waals surface area contributed by atoms with Crippen molar-refractivity contribution in [2.24, 2.45) is 0 Å². The van der Waals surface area contributed by atoms with E-state index in [0.29, 0.717) is 0 Å². The quantitative estimate of drug-likeness (QED) is 0.434. The molecular formula is C17H21Cl2OTi. The molecule has 1 aliphatic carbocycles. The van der Waals surface area contributed by atoms with E-state index in [1.807, 2.05) is 0 Å². The molecular weight excluding hydrogens is 339 g/mol. The smallest absolute Gasteiger partial charge is 1.00 e. The summed E-state index contributed by atoms with van der Waals surface area (Å²) in [5, 5.41) is 0. The zero-order valence-corrected chi connectivity index (χ0v) is 15.4. The van der Waals surface area contributed by atoms with Crippen LogP contribution in [0.3, 0.4) is 0 Å². The number of ether oxygens (including phenoxy) is 1. The van der Waals surface area contributed by atoms with Crippen molar-refractivity contribution in [3.8, 4) is 0 Å². The van der Waals surface area contributed by atoms with Gasteiger partial charge in [-0.3, -0.25) is 0 Å². The van der Waals surface area contributed by atoms with Crippen LogP contribution < -0.4 is 24.8 Å². The zero-order chi connectivity index (χ0) is 13.5. The first-order chi connectivity index (χ1) is 9.31. The minimum Gasteiger partial charge on any atom is -1.00 e. The number of halogens is 2. The van der Waals surface area contributed by atoms with Gasteiger partial charge in [0.2, 0.25) is 0 Å². The molecule has 0 heterocycles. The molecule has 0 N–H and O–H groups in total. The molecule has 4 heteroatoms. The van der Waals surface area contributed by atoms with Crippen LogP contribution in [0.2, 0.25) is 0 Å². The molecule has 0 saturated carbocycles. The largest absolute Gasteiger partial charge is 1.00 e. The Morgan fingerprint density at radius 3 is 2.48 bits per heavy atom. The summed E-state index contributed by atoms with van der Waals surface area (Å²) in [5.41, 5.74) is 2.74. The number of hydrogen-bond donors (Lipinski definition) is 0. The standard InChI is InChI=1S/C17H21O.2ClH.Ti/c1-2-3-13-18-17(14-15-9-7-8-10-15)16-11-5-4-6-12-16;;;/h4-7,9,11-12,17H,2-3,8,13-14H2,1H3;2*1H;/q;;;+2/p-2. The number of hydrogen-bond acceptors (Lipinski definition) is 1. The van der Waals surface area contributed by atoms with Crippen molar-refractivity contribution >= 4 is 0 Å². The second kappa shape index (κ2) is 11.5. The minimum absolute atomic E-state index is 0. The van der Waals surface area contributed by atoms with E-state index in [4.69, 9.17) is 4.74 Å². The molecule has 21 heavy (non-hydrogen) atoms. The Bertz CT molecular complexity index is 457. The summed E-state index contributed by atoms with van der Waals surface area (Å²) in [4.78, 5) is 0. The van der Waals surface area contributed by atoms with Crippen molar-refractivity contribution < 1.29 is 50.0 Å². The molecule has 0 radical (unpaired) electrons. The average Bonchev–Trinajstić information content (AvgIpc) is 2.84. The first-order valence-electron chi connectivity index (χ1n) is 7.08. The van der Waals surface area contributed by atoms with Crippen molar-refractivity contribution in [3.05, 3.63) is 57.5 Å². The fourth-order valence-electron chi connectivity index (χ4n) is 2.25. The van der Waals surface area contributed by atoms with E-state index in [9.17, 15) is 0 Å². The SMILES string of the molecule is CCCCOC(CC1=[C]([Ti+2])CC=C1)c1ccccc1.[Cl-].[Cl-]. The van der Waals surface area contributed by atoms with Gasteiger partial charge in [0, 0.05) is 0 Å². The second-order valence-corrected chi connectivity index (χ2v) is 5.88. The van der Waals surface area contributed by atoms with Gasteiger partial charge in [-0.25, -0.2) is 0 Å². The zero-order valence-electron chi connectivity index (χ0n) is 12.3. The van der Waals surface area contributed by atoms with E-state index in [1.165, 1.54) is 21.4 Å². The average molecular weight is 360 g/mol. The third-order valence-electron chi connectivity index (χ3n) is 3.42. The first kappa shape index (κ1) is 21.0. The van der Waals surface area contributed by atoms with Crippen LogP contribution in [0.15, 0.2) is 51.9 Å². The van der Waals surface area contributed by atoms with E-state index < -0.39 is 0 Å². The van der Waals surface area contributed by atoms with Gasteiger partial charge in [0.25, 0.3) is 0 Å². The molecule has 1 unspecified atom stereocenters. The van der Waals surface area contributed by atoms with E-state index in [1.54, 1.807) is 0 Å². The summed E-state index contributed by atoms with van der Waals surface area (Å²) in [6, 6.07) is 10.6. The molecule has 0 aliphatic heterocycles. The summed E-state index contributed by atoms with van der Waals surface area (Å²) in [5.74, 6) is 0. The van der Waals surface area contributed by atoms with Gasteiger partial charge in [0.15, 0.2) is 0 Å². The van der Waals surface area contributed by atoms with Gasteiger partial charge in [-0.15, -0.1) is 0 Å². The molecule has 1 nitrogen and oxygen atoms in total. The molecule has 1 aromatic rings. The molecule has 113 valence electrons. The van der Waals surface area contributed by atoms with Crippen molar-refractivity contribution in [2.45, 2.75) is 38.7 Å². The Morgan fingerprint density at radius 1 is 1.19 bits per heavy atom. The van der Waals surface area contributed by atoms with Crippen molar-refractivity contribution in [1.29, 1.82) is 0 Å². The van der Waals surface area contributed by atoms with Crippen molar-refractivity contribution in [3.63, 3.8) is 0 Å². The minimum atomic E-state index is 0. The molecule has 2 rings (SSSR count). The fourth-order valence-corrected chi connectivity index (χ4v) is 2.73. The molecule has 0 aromatic heterocycles. The van der Waals surface area contributed by atoms with Crippen LogP contribution in [0.1, 0.15) is 44.3 Å². The van der Waals surface area contributed by atoms with E-state index >= 15 is 0 Å². The number of benzene rings is 1. The van der Waals surface area contributed by atoms with Crippen LogP contribution in [0.4, 0.5) is 0 Å². The van der Waals surface area contributed by atoms with Crippen LogP contribution in [0, 0.1) is 0 Å². The predicted molar refractivity (Wildman–Crippen MR) is 75.4 cm³/mol. The Kier molecular flexibility index (Phi) is 11.5.